The minimum Gasteiger partial charge on any atom is -0.508 e. The predicted octanol–water partition coefficient (Wildman–Crippen LogP) is 5.15. The predicted molar refractivity (Wildman–Crippen MR) is 176 cm³/mol. The number of amides is 1. The van der Waals surface area contributed by atoms with Crippen LogP contribution in [0, 0.1) is 5.82 Å². The molecule has 248 valence electrons. The number of pyridine rings is 1. The van der Waals surface area contributed by atoms with Crippen LogP contribution in [0.2, 0.25) is 0 Å². The van der Waals surface area contributed by atoms with Gasteiger partial charge in [0.15, 0.2) is 5.65 Å². The number of carboxylic acid groups (broad SMARTS) is 1. The maximum absolute atomic E-state index is 14.5. The third-order valence-electron chi connectivity index (χ3n) is 9.27. The number of phenols is 1. The number of halogens is 1. The Morgan fingerprint density at radius 2 is 1.74 bits per heavy atom. The van der Waals surface area contributed by atoms with Crippen molar-refractivity contribution < 1.29 is 24.1 Å². The fourth-order valence-corrected chi connectivity index (χ4v) is 7.11. The lowest BCUT2D eigenvalue weighted by Crippen LogP contribution is -2.53. The van der Waals surface area contributed by atoms with Crippen LogP contribution in [0.5, 0.6) is 5.75 Å². The number of aromatic hydroxyl groups is 1. The van der Waals surface area contributed by atoms with Crippen LogP contribution in [0.25, 0.3) is 27.8 Å². The topological polar surface area (TPSA) is 130 Å². The van der Waals surface area contributed by atoms with Gasteiger partial charge in [-0.2, -0.15) is 0 Å². The molecule has 0 spiro atoms. The molecule has 1 saturated carbocycles. The SMILES string of the molecule is CC(C)(C)N(C(=O)O)[C@H]1CC[C@@H](n2c(=O)c3cc(F)cnc3n(-c3cccc(-c4cccc(O)c4CN4CCOCC4)c3)c2=O)CC1. The summed E-state index contributed by atoms with van der Waals surface area (Å²) in [6.07, 6.45) is 1.73. The molecule has 1 saturated heterocycles. The van der Waals surface area contributed by atoms with Crippen molar-refractivity contribution in [2.24, 2.45) is 0 Å². The maximum atomic E-state index is 14.5. The molecule has 2 N–H and O–H groups in total. The van der Waals surface area contributed by atoms with E-state index in [0.717, 1.165) is 42.0 Å². The van der Waals surface area contributed by atoms with E-state index in [1.807, 2.05) is 39.0 Å². The molecule has 6 rings (SSSR count). The van der Waals surface area contributed by atoms with Gasteiger partial charge >= 0.3 is 11.8 Å². The van der Waals surface area contributed by atoms with Crippen molar-refractivity contribution in [2.75, 3.05) is 26.3 Å². The molecule has 11 nitrogen and oxygen atoms in total. The van der Waals surface area contributed by atoms with E-state index in [2.05, 4.69) is 9.88 Å². The van der Waals surface area contributed by atoms with E-state index in [1.54, 1.807) is 24.3 Å². The minimum atomic E-state index is -1.01. The van der Waals surface area contributed by atoms with Crippen molar-refractivity contribution in [1.82, 2.24) is 23.9 Å². The highest BCUT2D eigenvalue weighted by atomic mass is 19.1. The number of morpholine rings is 1. The van der Waals surface area contributed by atoms with Crippen molar-refractivity contribution in [3.63, 3.8) is 0 Å². The van der Waals surface area contributed by atoms with E-state index in [-0.39, 0.29) is 22.8 Å². The highest BCUT2D eigenvalue weighted by Gasteiger charge is 2.37. The Morgan fingerprint density at radius 1 is 1.04 bits per heavy atom. The lowest BCUT2D eigenvalue weighted by molar-refractivity contribution is 0.0339. The van der Waals surface area contributed by atoms with Crippen LogP contribution >= 0.6 is 0 Å². The number of phenolic OH excluding ortho intramolecular Hbond substituents is 1. The zero-order chi connectivity index (χ0) is 33.5. The molecular weight excluding hydrogens is 605 g/mol. The van der Waals surface area contributed by atoms with Crippen LogP contribution in [-0.2, 0) is 11.3 Å². The van der Waals surface area contributed by atoms with E-state index in [1.165, 1.54) is 14.0 Å². The average molecular weight is 646 g/mol. The zero-order valence-corrected chi connectivity index (χ0v) is 26.9. The van der Waals surface area contributed by atoms with Crippen LogP contribution in [-0.4, -0.2) is 78.1 Å². The van der Waals surface area contributed by atoms with Crippen LogP contribution in [0.1, 0.15) is 58.1 Å². The summed E-state index contributed by atoms with van der Waals surface area (Å²) in [6, 6.07) is 12.9. The van der Waals surface area contributed by atoms with Gasteiger partial charge in [0.05, 0.1) is 30.5 Å². The molecule has 1 aliphatic heterocycles. The van der Waals surface area contributed by atoms with Gasteiger partial charge in [-0.15, -0.1) is 0 Å². The first-order valence-corrected chi connectivity index (χ1v) is 16.0. The molecule has 3 heterocycles. The van der Waals surface area contributed by atoms with Crippen molar-refractivity contribution in [2.45, 2.75) is 70.6 Å². The van der Waals surface area contributed by atoms with Crippen LogP contribution in [0.4, 0.5) is 9.18 Å². The molecule has 1 aliphatic carbocycles. The Hall–Kier alpha value is -4.55. The quantitative estimate of drug-likeness (QED) is 0.295. The average Bonchev–Trinajstić information content (AvgIpc) is 3.03. The molecule has 2 aromatic carbocycles. The first-order chi connectivity index (χ1) is 22.4. The normalized spacial score (nSPS) is 19.1. The molecule has 0 radical (unpaired) electrons. The minimum absolute atomic E-state index is 0.0238. The number of rotatable bonds is 6. The largest absolute Gasteiger partial charge is 0.508 e. The molecular formula is C35H40FN5O6. The second-order valence-electron chi connectivity index (χ2n) is 13.3. The Morgan fingerprint density at radius 3 is 2.43 bits per heavy atom. The monoisotopic (exact) mass is 645 g/mol. The molecule has 2 aliphatic rings. The molecule has 0 bridgehead atoms. The summed E-state index contributed by atoms with van der Waals surface area (Å²) in [4.78, 5) is 48.1. The van der Waals surface area contributed by atoms with Crippen LogP contribution < -0.4 is 11.2 Å². The third-order valence-corrected chi connectivity index (χ3v) is 9.27. The van der Waals surface area contributed by atoms with E-state index in [0.29, 0.717) is 51.1 Å². The van der Waals surface area contributed by atoms with Crippen LogP contribution in [0.15, 0.2) is 64.3 Å². The summed E-state index contributed by atoms with van der Waals surface area (Å²) in [5, 5.41) is 20.8. The Bertz CT molecular complexity index is 1920. The number of hydrogen-bond donors (Lipinski definition) is 2. The standard InChI is InChI=1S/C35H40FN5O6/c1-35(2,3)41(34(45)46)25-12-10-24(11-13-25)40-32(43)28-19-23(36)20-37-31(28)39(33(40)44)26-7-4-6-22(18-26)27-8-5-9-30(42)29(27)21-38-14-16-47-17-15-38/h4-9,18-20,24-25,42H,10-17,21H2,1-3H3,(H,45,46)/t24-,25+. The van der Waals surface area contributed by atoms with Gasteiger partial charge in [-0.25, -0.2) is 23.5 Å². The van der Waals surface area contributed by atoms with Crippen molar-refractivity contribution in [3.8, 4) is 22.6 Å². The number of hydrogen-bond acceptors (Lipinski definition) is 7. The summed E-state index contributed by atoms with van der Waals surface area (Å²) in [5.74, 6) is -0.533. The number of aromatic nitrogens is 3. The highest BCUT2D eigenvalue weighted by molar-refractivity contribution is 5.77. The molecule has 2 fully saturated rings. The fraction of sp³-hybridized carbons (Fsp3) is 0.429. The number of nitrogens with zero attached hydrogens (tertiary/aromatic N) is 5. The maximum Gasteiger partial charge on any atom is 0.407 e. The molecule has 2 aromatic heterocycles. The molecule has 0 unspecified atom stereocenters. The lowest BCUT2D eigenvalue weighted by atomic mass is 9.88. The van der Waals surface area contributed by atoms with Gasteiger partial charge in [0.25, 0.3) is 5.56 Å². The molecule has 0 atom stereocenters. The highest BCUT2D eigenvalue weighted by Crippen LogP contribution is 2.35. The van der Waals surface area contributed by atoms with E-state index in [4.69, 9.17) is 4.74 Å². The van der Waals surface area contributed by atoms with Crippen LogP contribution in [0.3, 0.4) is 0 Å². The Labute approximate surface area is 271 Å². The molecule has 12 heteroatoms. The molecule has 1 amide bonds. The molecule has 47 heavy (non-hydrogen) atoms. The first-order valence-electron chi connectivity index (χ1n) is 16.0. The Kier molecular flexibility index (Phi) is 8.91. The van der Waals surface area contributed by atoms with Gasteiger partial charge in [-0.3, -0.25) is 14.3 Å². The Balaban J connectivity index is 1.42. The lowest BCUT2D eigenvalue weighted by Gasteiger charge is -2.42. The van der Waals surface area contributed by atoms with Gasteiger partial charge in [-0.1, -0.05) is 24.3 Å². The number of carbonyl (C=O) groups is 1. The van der Waals surface area contributed by atoms with E-state index in [9.17, 15) is 29.0 Å². The second-order valence-corrected chi connectivity index (χ2v) is 13.3. The summed E-state index contributed by atoms with van der Waals surface area (Å²) < 4.78 is 22.5. The van der Waals surface area contributed by atoms with Crippen molar-refractivity contribution >= 4 is 17.1 Å². The zero-order valence-electron chi connectivity index (χ0n) is 26.9. The van der Waals surface area contributed by atoms with Gasteiger partial charge in [0.2, 0.25) is 0 Å². The molecule has 4 aromatic rings. The summed E-state index contributed by atoms with van der Waals surface area (Å²) in [6.45, 7) is 8.77. The third kappa shape index (κ3) is 6.39. The van der Waals surface area contributed by atoms with E-state index < -0.39 is 34.7 Å². The second kappa shape index (κ2) is 12.9. The first kappa shape index (κ1) is 32.4. The smallest absolute Gasteiger partial charge is 0.407 e. The van der Waals surface area contributed by atoms with Gasteiger partial charge < -0.3 is 19.8 Å². The van der Waals surface area contributed by atoms with Crippen molar-refractivity contribution in [1.29, 1.82) is 0 Å². The fourth-order valence-electron chi connectivity index (χ4n) is 7.11. The van der Waals surface area contributed by atoms with E-state index >= 15 is 0 Å². The summed E-state index contributed by atoms with van der Waals surface area (Å²) >= 11 is 0. The van der Waals surface area contributed by atoms with Gasteiger partial charge in [0, 0.05) is 42.8 Å². The summed E-state index contributed by atoms with van der Waals surface area (Å²) in [7, 11) is 0. The van der Waals surface area contributed by atoms with Gasteiger partial charge in [-0.05, 0) is 81.8 Å². The number of benzene rings is 2. The van der Waals surface area contributed by atoms with Crippen molar-refractivity contribution in [3.05, 3.63) is 86.9 Å². The number of fused-ring (bicyclic) bond motifs is 1. The van der Waals surface area contributed by atoms with Gasteiger partial charge in [0.1, 0.15) is 11.6 Å². The summed E-state index contributed by atoms with van der Waals surface area (Å²) in [5.41, 5.74) is 0.929. The number of ether oxygens (including phenoxy) is 1.